The van der Waals surface area contributed by atoms with Crippen LogP contribution in [0.4, 0.5) is 8.78 Å². The van der Waals surface area contributed by atoms with Crippen molar-refractivity contribution in [3.05, 3.63) is 70.2 Å². The Kier molecular flexibility index (Phi) is 4.51. The number of hydrogen-bond acceptors (Lipinski definition) is 1. The van der Waals surface area contributed by atoms with E-state index in [2.05, 4.69) is 5.32 Å². The van der Waals surface area contributed by atoms with Gasteiger partial charge in [0.2, 0.25) is 0 Å². The second kappa shape index (κ2) is 6.13. The van der Waals surface area contributed by atoms with Crippen LogP contribution in [0.1, 0.15) is 17.2 Å². The summed E-state index contributed by atoms with van der Waals surface area (Å²) in [4.78, 5) is 0. The minimum atomic E-state index is -0.300. The molecule has 1 unspecified atom stereocenters. The minimum Gasteiger partial charge on any atom is -0.313 e. The van der Waals surface area contributed by atoms with Crippen LogP contribution in [0.15, 0.2) is 42.5 Å². The van der Waals surface area contributed by atoms with Gasteiger partial charge in [-0.1, -0.05) is 23.7 Å². The standard InChI is InChI=1S/C15H14ClF2N/c1-19-15(8-10-2-5-12(17)6-3-10)13-9-11(16)4-7-14(13)18/h2-7,9,15,19H,8H2,1H3. The fraction of sp³-hybridized carbons (Fsp3) is 0.200. The summed E-state index contributed by atoms with van der Waals surface area (Å²) in [5.41, 5.74) is 1.44. The summed E-state index contributed by atoms with van der Waals surface area (Å²) in [6, 6.07) is 10.5. The molecule has 2 aromatic rings. The Morgan fingerprint density at radius 2 is 1.79 bits per heavy atom. The van der Waals surface area contributed by atoms with Crippen molar-refractivity contribution in [2.45, 2.75) is 12.5 Å². The molecule has 0 aliphatic heterocycles. The van der Waals surface area contributed by atoms with Gasteiger partial charge in [-0.25, -0.2) is 8.78 Å². The quantitative estimate of drug-likeness (QED) is 0.889. The first-order valence-electron chi connectivity index (χ1n) is 5.97. The molecule has 0 spiro atoms. The first-order chi connectivity index (χ1) is 9.10. The van der Waals surface area contributed by atoms with Gasteiger partial charge in [-0.3, -0.25) is 0 Å². The van der Waals surface area contributed by atoms with Crippen molar-refractivity contribution in [1.29, 1.82) is 0 Å². The van der Waals surface area contributed by atoms with Gasteiger partial charge in [0.05, 0.1) is 0 Å². The predicted octanol–water partition coefficient (Wildman–Crippen LogP) is 4.12. The Morgan fingerprint density at radius 1 is 1.11 bits per heavy atom. The topological polar surface area (TPSA) is 12.0 Å². The number of hydrogen-bond donors (Lipinski definition) is 1. The zero-order valence-electron chi connectivity index (χ0n) is 10.5. The van der Waals surface area contributed by atoms with Gasteiger partial charge in [-0.05, 0) is 49.4 Å². The molecule has 0 aliphatic carbocycles. The van der Waals surface area contributed by atoms with Crippen molar-refractivity contribution in [2.75, 3.05) is 7.05 Å². The van der Waals surface area contributed by atoms with Crippen LogP contribution < -0.4 is 5.32 Å². The van der Waals surface area contributed by atoms with E-state index in [9.17, 15) is 8.78 Å². The second-order valence-electron chi connectivity index (χ2n) is 4.34. The summed E-state index contributed by atoms with van der Waals surface area (Å²) < 4.78 is 26.7. The summed E-state index contributed by atoms with van der Waals surface area (Å²) in [5.74, 6) is -0.579. The molecule has 2 rings (SSSR count). The molecule has 100 valence electrons. The average molecular weight is 282 g/mol. The van der Waals surface area contributed by atoms with Crippen molar-refractivity contribution >= 4 is 11.6 Å². The molecule has 0 heterocycles. The minimum absolute atomic E-state index is 0.204. The highest BCUT2D eigenvalue weighted by Crippen LogP contribution is 2.24. The summed E-state index contributed by atoms with van der Waals surface area (Å²) in [6.45, 7) is 0. The fourth-order valence-corrected chi connectivity index (χ4v) is 2.19. The molecule has 1 N–H and O–H groups in total. The smallest absolute Gasteiger partial charge is 0.128 e. The largest absolute Gasteiger partial charge is 0.313 e. The van der Waals surface area contributed by atoms with Gasteiger partial charge >= 0.3 is 0 Å². The molecule has 0 bridgehead atoms. The summed E-state index contributed by atoms with van der Waals surface area (Å²) in [5, 5.41) is 3.55. The molecule has 19 heavy (non-hydrogen) atoms. The highest BCUT2D eigenvalue weighted by atomic mass is 35.5. The molecular formula is C15H14ClF2N. The zero-order valence-corrected chi connectivity index (χ0v) is 11.2. The monoisotopic (exact) mass is 281 g/mol. The molecule has 0 aromatic heterocycles. The lowest BCUT2D eigenvalue weighted by Crippen LogP contribution is -2.20. The van der Waals surface area contributed by atoms with Crippen LogP contribution >= 0.6 is 11.6 Å². The van der Waals surface area contributed by atoms with E-state index in [1.807, 2.05) is 0 Å². The van der Waals surface area contributed by atoms with E-state index in [1.54, 1.807) is 25.2 Å². The lowest BCUT2D eigenvalue weighted by atomic mass is 9.98. The molecule has 1 nitrogen and oxygen atoms in total. The van der Waals surface area contributed by atoms with E-state index in [-0.39, 0.29) is 17.7 Å². The van der Waals surface area contributed by atoms with Gasteiger partial charge in [0, 0.05) is 16.6 Å². The van der Waals surface area contributed by atoms with Gasteiger partial charge in [0.25, 0.3) is 0 Å². The van der Waals surface area contributed by atoms with Crippen molar-refractivity contribution in [3.8, 4) is 0 Å². The number of nitrogens with one attached hydrogen (secondary N) is 1. The molecule has 0 radical (unpaired) electrons. The van der Waals surface area contributed by atoms with Crippen LogP contribution in [0.3, 0.4) is 0 Å². The average Bonchev–Trinajstić information content (AvgIpc) is 2.41. The Morgan fingerprint density at radius 3 is 2.42 bits per heavy atom. The first kappa shape index (κ1) is 14.0. The third kappa shape index (κ3) is 3.52. The molecule has 0 amide bonds. The second-order valence-corrected chi connectivity index (χ2v) is 4.77. The Labute approximate surface area is 116 Å². The highest BCUT2D eigenvalue weighted by Gasteiger charge is 2.15. The maximum Gasteiger partial charge on any atom is 0.128 e. The Bertz CT molecular complexity index is 555. The molecule has 0 fully saturated rings. The normalized spacial score (nSPS) is 12.4. The van der Waals surface area contributed by atoms with Gasteiger partial charge in [-0.2, -0.15) is 0 Å². The van der Waals surface area contributed by atoms with E-state index in [0.717, 1.165) is 5.56 Å². The Hall–Kier alpha value is -1.45. The van der Waals surface area contributed by atoms with E-state index in [0.29, 0.717) is 17.0 Å². The number of rotatable bonds is 4. The zero-order chi connectivity index (χ0) is 13.8. The molecular weight excluding hydrogens is 268 g/mol. The lowest BCUT2D eigenvalue weighted by Gasteiger charge is -2.18. The van der Waals surface area contributed by atoms with E-state index in [1.165, 1.54) is 24.3 Å². The number of halogens is 3. The van der Waals surface area contributed by atoms with Gasteiger partial charge in [0.1, 0.15) is 11.6 Å². The first-order valence-corrected chi connectivity index (χ1v) is 6.34. The molecule has 1 atom stereocenters. The van der Waals surface area contributed by atoms with Gasteiger partial charge in [-0.15, -0.1) is 0 Å². The van der Waals surface area contributed by atoms with Crippen molar-refractivity contribution in [3.63, 3.8) is 0 Å². The molecule has 4 heteroatoms. The maximum absolute atomic E-state index is 13.8. The van der Waals surface area contributed by atoms with E-state index < -0.39 is 0 Å². The van der Waals surface area contributed by atoms with E-state index in [4.69, 9.17) is 11.6 Å². The van der Waals surface area contributed by atoms with Crippen LogP contribution in [-0.4, -0.2) is 7.05 Å². The van der Waals surface area contributed by atoms with Gasteiger partial charge in [0.15, 0.2) is 0 Å². The van der Waals surface area contributed by atoms with Crippen LogP contribution in [0.25, 0.3) is 0 Å². The highest BCUT2D eigenvalue weighted by molar-refractivity contribution is 6.30. The molecule has 0 aliphatic rings. The lowest BCUT2D eigenvalue weighted by molar-refractivity contribution is 0.533. The number of likely N-dealkylation sites (N-methyl/N-ethyl adjacent to an activating group) is 1. The van der Waals surface area contributed by atoms with Crippen LogP contribution in [0.2, 0.25) is 5.02 Å². The fourth-order valence-electron chi connectivity index (χ4n) is 2.01. The third-order valence-electron chi connectivity index (χ3n) is 3.04. The maximum atomic E-state index is 13.8. The summed E-state index contributed by atoms with van der Waals surface area (Å²) in [7, 11) is 1.76. The predicted molar refractivity (Wildman–Crippen MR) is 73.3 cm³/mol. The molecule has 2 aromatic carbocycles. The SMILES string of the molecule is CNC(Cc1ccc(F)cc1)c1cc(Cl)ccc1F. The van der Waals surface area contributed by atoms with Crippen LogP contribution in [0.5, 0.6) is 0 Å². The molecule has 0 saturated carbocycles. The van der Waals surface area contributed by atoms with Crippen molar-refractivity contribution < 1.29 is 8.78 Å². The molecule has 0 saturated heterocycles. The van der Waals surface area contributed by atoms with Crippen molar-refractivity contribution in [1.82, 2.24) is 5.32 Å². The van der Waals surface area contributed by atoms with Gasteiger partial charge < -0.3 is 5.32 Å². The van der Waals surface area contributed by atoms with E-state index >= 15 is 0 Å². The van der Waals surface area contributed by atoms with Crippen LogP contribution in [0, 0.1) is 11.6 Å². The summed E-state index contributed by atoms with van der Waals surface area (Å²) in [6.07, 6.45) is 0.564. The third-order valence-corrected chi connectivity index (χ3v) is 3.27. The Balaban J connectivity index is 2.24. The van der Waals surface area contributed by atoms with Crippen LogP contribution in [-0.2, 0) is 6.42 Å². The van der Waals surface area contributed by atoms with Crippen molar-refractivity contribution in [2.24, 2.45) is 0 Å². The number of benzene rings is 2. The summed E-state index contributed by atoms with van der Waals surface area (Å²) >= 11 is 5.90.